The number of methoxy groups -OCH3 is 1. The fraction of sp³-hybridized carbons (Fsp3) is 0.417. The fourth-order valence-corrected chi connectivity index (χ4v) is 3.40. The summed E-state index contributed by atoms with van der Waals surface area (Å²) in [4.78, 5) is -0.114. The third-order valence-electron chi connectivity index (χ3n) is 2.52. The molecule has 0 fully saturated rings. The minimum absolute atomic E-state index is 0.0308. The zero-order valence-corrected chi connectivity index (χ0v) is 12.4. The Morgan fingerprint density at radius 1 is 1.55 bits per heavy atom. The Balaban J connectivity index is 3.01. The maximum Gasteiger partial charge on any atom is 0.242 e. The third kappa shape index (κ3) is 4.44. The van der Waals surface area contributed by atoms with Gasteiger partial charge in [0.05, 0.1) is 23.3 Å². The molecular formula is C12H15ClN2O4S. The minimum atomic E-state index is -3.84. The van der Waals surface area contributed by atoms with E-state index in [4.69, 9.17) is 26.7 Å². The number of rotatable bonds is 7. The molecule has 0 saturated heterocycles. The van der Waals surface area contributed by atoms with Gasteiger partial charge < -0.3 is 9.84 Å². The van der Waals surface area contributed by atoms with E-state index in [0.717, 1.165) is 0 Å². The van der Waals surface area contributed by atoms with Crippen LogP contribution in [0.5, 0.6) is 0 Å². The van der Waals surface area contributed by atoms with Gasteiger partial charge in [-0.25, -0.2) is 13.1 Å². The van der Waals surface area contributed by atoms with Crippen LogP contribution in [-0.2, 0) is 14.8 Å². The fourth-order valence-electron chi connectivity index (χ4n) is 1.60. The molecule has 20 heavy (non-hydrogen) atoms. The summed E-state index contributed by atoms with van der Waals surface area (Å²) in [5.74, 6) is 0. The highest BCUT2D eigenvalue weighted by molar-refractivity contribution is 7.89. The first-order valence-corrected chi connectivity index (χ1v) is 7.62. The normalized spacial score (nSPS) is 12.9. The number of sulfonamides is 1. The van der Waals surface area contributed by atoms with Gasteiger partial charge in [-0.3, -0.25) is 0 Å². The van der Waals surface area contributed by atoms with Crippen LogP contribution in [-0.4, -0.2) is 39.9 Å². The number of halogens is 1. The third-order valence-corrected chi connectivity index (χ3v) is 4.52. The van der Waals surface area contributed by atoms with Gasteiger partial charge in [0.1, 0.15) is 4.90 Å². The molecule has 0 spiro atoms. The van der Waals surface area contributed by atoms with Crippen LogP contribution < -0.4 is 4.72 Å². The molecule has 1 aromatic carbocycles. The Hall–Kier alpha value is -1.17. The van der Waals surface area contributed by atoms with Gasteiger partial charge in [-0.15, -0.1) is 0 Å². The lowest BCUT2D eigenvalue weighted by atomic mass is 10.2. The van der Waals surface area contributed by atoms with Crippen molar-refractivity contribution < 1.29 is 18.3 Å². The van der Waals surface area contributed by atoms with Gasteiger partial charge in [-0.05, 0) is 24.6 Å². The molecule has 0 radical (unpaired) electrons. The first-order chi connectivity index (χ1) is 9.44. The largest absolute Gasteiger partial charge is 0.396 e. The van der Waals surface area contributed by atoms with Crippen molar-refractivity contribution in [3.63, 3.8) is 0 Å². The summed E-state index contributed by atoms with van der Waals surface area (Å²) in [5, 5.41) is 17.6. The predicted molar refractivity (Wildman–Crippen MR) is 73.9 cm³/mol. The number of ether oxygens (including phenoxy) is 1. The number of benzene rings is 1. The molecule has 0 aliphatic heterocycles. The second-order valence-electron chi connectivity index (χ2n) is 4.04. The lowest BCUT2D eigenvalue weighted by molar-refractivity contribution is 0.158. The Kier molecular flexibility index (Phi) is 6.39. The molecule has 1 rings (SSSR count). The average Bonchev–Trinajstić information content (AvgIpc) is 2.38. The van der Waals surface area contributed by atoms with E-state index in [1.807, 2.05) is 6.07 Å². The summed E-state index contributed by atoms with van der Waals surface area (Å²) < 4.78 is 31.7. The van der Waals surface area contributed by atoms with E-state index in [1.54, 1.807) is 0 Å². The summed E-state index contributed by atoms with van der Waals surface area (Å²) in [6.45, 7) is -0.0364. The number of nitrogens with zero attached hydrogens (tertiary/aromatic N) is 1. The van der Waals surface area contributed by atoms with Gasteiger partial charge in [0.2, 0.25) is 10.0 Å². The maximum atomic E-state index is 12.2. The van der Waals surface area contributed by atoms with Gasteiger partial charge in [0.25, 0.3) is 0 Å². The molecule has 0 heterocycles. The number of aliphatic hydroxyl groups is 1. The van der Waals surface area contributed by atoms with Crippen molar-refractivity contribution >= 4 is 21.6 Å². The quantitative estimate of drug-likeness (QED) is 0.777. The highest BCUT2D eigenvalue weighted by Gasteiger charge is 2.22. The molecule has 2 N–H and O–H groups in total. The van der Waals surface area contributed by atoms with E-state index in [-0.39, 0.29) is 35.1 Å². The molecule has 8 heteroatoms. The van der Waals surface area contributed by atoms with Crippen molar-refractivity contribution in [1.82, 2.24) is 4.72 Å². The van der Waals surface area contributed by atoms with Crippen LogP contribution in [0.2, 0.25) is 5.02 Å². The lowest BCUT2D eigenvalue weighted by Crippen LogP contribution is -2.38. The Morgan fingerprint density at radius 3 is 2.75 bits per heavy atom. The number of hydrogen-bond donors (Lipinski definition) is 2. The van der Waals surface area contributed by atoms with Gasteiger partial charge in [-0.1, -0.05) is 11.6 Å². The Morgan fingerprint density at radius 2 is 2.25 bits per heavy atom. The Labute approximate surface area is 123 Å². The summed E-state index contributed by atoms with van der Waals surface area (Å²) in [7, 11) is -2.40. The standard InChI is InChI=1S/C12H15ClN2O4S/c1-19-8-10(4-5-16)15-20(17,18)12-3-2-9(7-14)6-11(12)13/h2-3,6,10,15-16H,4-5,8H2,1H3. The first kappa shape index (κ1) is 16.9. The van der Waals surface area contributed by atoms with Crippen molar-refractivity contribution in [2.75, 3.05) is 20.3 Å². The molecule has 0 amide bonds. The van der Waals surface area contributed by atoms with E-state index in [9.17, 15) is 8.42 Å². The van der Waals surface area contributed by atoms with Crippen molar-refractivity contribution in [2.45, 2.75) is 17.4 Å². The van der Waals surface area contributed by atoms with E-state index in [1.165, 1.54) is 25.3 Å². The molecule has 0 bridgehead atoms. The van der Waals surface area contributed by atoms with Crippen molar-refractivity contribution in [1.29, 1.82) is 5.26 Å². The topological polar surface area (TPSA) is 99.4 Å². The lowest BCUT2D eigenvalue weighted by Gasteiger charge is -2.17. The van der Waals surface area contributed by atoms with Gasteiger partial charge >= 0.3 is 0 Å². The van der Waals surface area contributed by atoms with Crippen LogP contribution >= 0.6 is 11.6 Å². The van der Waals surface area contributed by atoms with Crippen molar-refractivity contribution in [2.24, 2.45) is 0 Å². The molecule has 1 unspecified atom stereocenters. The molecule has 110 valence electrons. The number of nitriles is 1. The molecule has 1 atom stereocenters. The summed E-state index contributed by atoms with van der Waals surface area (Å²) in [6.07, 6.45) is 0.223. The van der Waals surface area contributed by atoms with E-state index in [0.29, 0.717) is 0 Å². The highest BCUT2D eigenvalue weighted by atomic mass is 35.5. The minimum Gasteiger partial charge on any atom is -0.396 e. The smallest absolute Gasteiger partial charge is 0.242 e. The second kappa shape index (κ2) is 7.57. The van der Waals surface area contributed by atoms with Crippen LogP contribution in [0.15, 0.2) is 23.1 Å². The van der Waals surface area contributed by atoms with E-state index < -0.39 is 16.1 Å². The summed E-state index contributed by atoms with van der Waals surface area (Å²) in [6, 6.07) is 5.25. The maximum absolute atomic E-state index is 12.2. The monoisotopic (exact) mass is 318 g/mol. The van der Waals surface area contributed by atoms with Gasteiger partial charge in [0, 0.05) is 19.8 Å². The van der Waals surface area contributed by atoms with Crippen molar-refractivity contribution in [3.05, 3.63) is 28.8 Å². The number of aliphatic hydroxyl groups excluding tert-OH is 1. The predicted octanol–water partition coefficient (Wildman–Crippen LogP) is 0.887. The van der Waals surface area contributed by atoms with Crippen LogP contribution in [0.1, 0.15) is 12.0 Å². The molecule has 0 aliphatic rings. The Bertz CT molecular complexity index is 592. The van der Waals surface area contributed by atoms with Crippen LogP contribution in [0.3, 0.4) is 0 Å². The highest BCUT2D eigenvalue weighted by Crippen LogP contribution is 2.22. The SMILES string of the molecule is COCC(CCO)NS(=O)(=O)c1ccc(C#N)cc1Cl. The summed E-state index contributed by atoms with van der Waals surface area (Å²) >= 11 is 5.88. The van der Waals surface area contributed by atoms with Gasteiger partial charge in [0.15, 0.2) is 0 Å². The van der Waals surface area contributed by atoms with Crippen LogP contribution in [0, 0.1) is 11.3 Å². The average molecular weight is 319 g/mol. The van der Waals surface area contributed by atoms with E-state index in [2.05, 4.69) is 4.72 Å². The molecule has 0 aliphatic carbocycles. The molecular weight excluding hydrogens is 304 g/mol. The molecule has 0 aromatic heterocycles. The van der Waals surface area contributed by atoms with E-state index >= 15 is 0 Å². The number of nitrogens with one attached hydrogen (secondary N) is 1. The van der Waals surface area contributed by atoms with Crippen LogP contribution in [0.25, 0.3) is 0 Å². The first-order valence-electron chi connectivity index (χ1n) is 5.76. The van der Waals surface area contributed by atoms with Crippen molar-refractivity contribution in [3.8, 4) is 6.07 Å². The molecule has 1 aromatic rings. The molecule has 6 nitrogen and oxygen atoms in total. The summed E-state index contributed by atoms with van der Waals surface area (Å²) in [5.41, 5.74) is 0.276. The molecule has 0 saturated carbocycles. The number of hydrogen-bond acceptors (Lipinski definition) is 5. The zero-order chi connectivity index (χ0) is 15.2. The van der Waals surface area contributed by atoms with Gasteiger partial charge in [-0.2, -0.15) is 5.26 Å². The van der Waals surface area contributed by atoms with Crippen LogP contribution in [0.4, 0.5) is 0 Å². The zero-order valence-electron chi connectivity index (χ0n) is 10.8. The second-order valence-corrected chi connectivity index (χ2v) is 6.13.